The highest BCUT2D eigenvalue weighted by Crippen LogP contribution is 2.18. The van der Waals surface area contributed by atoms with Gasteiger partial charge >= 0.3 is 6.03 Å². The van der Waals surface area contributed by atoms with Gasteiger partial charge in [-0.1, -0.05) is 17.7 Å². The number of ether oxygens (including phenoxy) is 1. The molecule has 4 heteroatoms. The maximum absolute atomic E-state index is 11.2. The molecule has 1 aliphatic carbocycles. The molecule has 1 aliphatic rings. The van der Waals surface area contributed by atoms with Crippen molar-refractivity contribution in [3.8, 4) is 5.75 Å². The molecule has 0 unspecified atom stereocenters. The molecule has 2 amide bonds. The first-order valence-electron chi connectivity index (χ1n) is 5.48. The monoisotopic (exact) mass is 220 g/mol. The number of benzene rings is 1. The van der Waals surface area contributed by atoms with Crippen LogP contribution in [0.2, 0.25) is 0 Å². The largest absolute Gasteiger partial charge is 0.473 e. The van der Waals surface area contributed by atoms with E-state index in [0.717, 1.165) is 18.6 Å². The van der Waals surface area contributed by atoms with Crippen molar-refractivity contribution in [3.63, 3.8) is 0 Å². The summed E-state index contributed by atoms with van der Waals surface area (Å²) in [5.41, 5.74) is 1.19. The minimum absolute atomic E-state index is 0.158. The molecule has 0 radical (unpaired) electrons. The van der Waals surface area contributed by atoms with Crippen molar-refractivity contribution < 1.29 is 9.53 Å². The van der Waals surface area contributed by atoms with Gasteiger partial charge in [0.2, 0.25) is 0 Å². The number of hydrogen-bond donors (Lipinski definition) is 2. The van der Waals surface area contributed by atoms with Gasteiger partial charge in [-0.15, -0.1) is 0 Å². The van der Waals surface area contributed by atoms with E-state index in [4.69, 9.17) is 4.74 Å². The van der Waals surface area contributed by atoms with Gasteiger partial charge in [-0.05, 0) is 31.9 Å². The minimum Gasteiger partial charge on any atom is -0.473 e. The summed E-state index contributed by atoms with van der Waals surface area (Å²) < 4.78 is 5.36. The van der Waals surface area contributed by atoms with E-state index in [0.29, 0.717) is 6.04 Å². The van der Waals surface area contributed by atoms with E-state index in [1.54, 1.807) is 0 Å². The van der Waals surface area contributed by atoms with Gasteiger partial charge in [-0.25, -0.2) is 4.79 Å². The summed E-state index contributed by atoms with van der Waals surface area (Å²) in [5.74, 6) is 0.761. The third kappa shape index (κ3) is 3.46. The third-order valence-corrected chi connectivity index (χ3v) is 2.41. The quantitative estimate of drug-likeness (QED) is 0.760. The number of urea groups is 1. The van der Waals surface area contributed by atoms with Crippen LogP contribution in [0.5, 0.6) is 5.75 Å². The topological polar surface area (TPSA) is 50.4 Å². The lowest BCUT2D eigenvalue weighted by molar-refractivity contribution is 0.223. The smallest absolute Gasteiger partial charge is 0.317 e. The Bertz CT molecular complexity index is 358. The Labute approximate surface area is 95.0 Å². The predicted octanol–water partition coefficient (Wildman–Crippen LogP) is 1.79. The van der Waals surface area contributed by atoms with Gasteiger partial charge in [0.15, 0.2) is 6.73 Å². The zero-order valence-corrected chi connectivity index (χ0v) is 9.32. The summed E-state index contributed by atoms with van der Waals surface area (Å²) in [6.07, 6.45) is 2.18. The van der Waals surface area contributed by atoms with Crippen molar-refractivity contribution in [2.75, 3.05) is 6.73 Å². The van der Waals surface area contributed by atoms with Crippen molar-refractivity contribution in [2.24, 2.45) is 0 Å². The fourth-order valence-electron chi connectivity index (χ4n) is 1.28. The molecule has 2 N–H and O–H groups in total. The first kappa shape index (κ1) is 10.8. The molecule has 1 saturated carbocycles. The molecule has 0 spiro atoms. The molecule has 1 aromatic rings. The molecule has 0 saturated heterocycles. The Morgan fingerprint density at radius 2 is 2.06 bits per heavy atom. The third-order valence-electron chi connectivity index (χ3n) is 2.41. The van der Waals surface area contributed by atoms with E-state index in [-0.39, 0.29) is 12.8 Å². The van der Waals surface area contributed by atoms with Crippen LogP contribution < -0.4 is 15.4 Å². The van der Waals surface area contributed by atoms with Gasteiger partial charge in [0.25, 0.3) is 0 Å². The summed E-state index contributed by atoms with van der Waals surface area (Å²) >= 11 is 0. The highest BCUT2D eigenvalue weighted by atomic mass is 16.5. The number of carbonyl (C=O) groups excluding carboxylic acids is 1. The van der Waals surface area contributed by atoms with E-state index >= 15 is 0 Å². The lowest BCUT2D eigenvalue weighted by Crippen LogP contribution is -2.38. The van der Waals surface area contributed by atoms with Crippen LogP contribution in [-0.4, -0.2) is 18.8 Å². The van der Waals surface area contributed by atoms with Gasteiger partial charge in [0.05, 0.1) is 0 Å². The summed E-state index contributed by atoms with van der Waals surface area (Å²) in [7, 11) is 0. The maximum atomic E-state index is 11.2. The highest BCUT2D eigenvalue weighted by molar-refractivity contribution is 5.74. The van der Waals surface area contributed by atoms with Crippen molar-refractivity contribution in [1.82, 2.24) is 10.6 Å². The van der Waals surface area contributed by atoms with Crippen LogP contribution in [-0.2, 0) is 0 Å². The normalized spacial score (nSPS) is 14.3. The predicted molar refractivity (Wildman–Crippen MR) is 61.4 cm³/mol. The fourth-order valence-corrected chi connectivity index (χ4v) is 1.28. The number of hydrogen-bond acceptors (Lipinski definition) is 2. The summed E-state index contributed by atoms with van der Waals surface area (Å²) in [4.78, 5) is 11.2. The second kappa shape index (κ2) is 4.88. The molecule has 1 fully saturated rings. The van der Waals surface area contributed by atoms with Crippen LogP contribution >= 0.6 is 0 Å². The van der Waals surface area contributed by atoms with Gasteiger partial charge in [-0.2, -0.15) is 0 Å². The molecule has 1 aromatic carbocycles. The van der Waals surface area contributed by atoms with Crippen LogP contribution in [0.1, 0.15) is 18.4 Å². The molecule has 86 valence electrons. The highest BCUT2D eigenvalue weighted by Gasteiger charge is 2.22. The molecule has 2 rings (SSSR count). The van der Waals surface area contributed by atoms with Crippen molar-refractivity contribution in [2.45, 2.75) is 25.8 Å². The Kier molecular flexibility index (Phi) is 3.29. The number of rotatable bonds is 4. The molecule has 0 aromatic heterocycles. The summed E-state index contributed by atoms with van der Waals surface area (Å²) in [5, 5.41) is 5.46. The SMILES string of the molecule is Cc1ccc(OCNC(=O)NC2CC2)cc1. The summed E-state index contributed by atoms with van der Waals surface area (Å²) in [6, 6.07) is 7.93. The first-order valence-corrected chi connectivity index (χ1v) is 5.48. The number of amides is 2. The van der Waals surface area contributed by atoms with Crippen LogP contribution in [0.3, 0.4) is 0 Å². The zero-order valence-electron chi connectivity index (χ0n) is 9.32. The molecule has 0 bridgehead atoms. The molecular formula is C12H16N2O2. The molecule has 0 heterocycles. The Hall–Kier alpha value is -1.71. The van der Waals surface area contributed by atoms with E-state index in [9.17, 15) is 4.79 Å². The Balaban J connectivity index is 1.66. The zero-order chi connectivity index (χ0) is 11.4. The van der Waals surface area contributed by atoms with E-state index in [1.165, 1.54) is 5.56 Å². The van der Waals surface area contributed by atoms with Crippen LogP contribution in [0.25, 0.3) is 0 Å². The van der Waals surface area contributed by atoms with Gasteiger partial charge in [-0.3, -0.25) is 0 Å². The van der Waals surface area contributed by atoms with Crippen LogP contribution in [0.4, 0.5) is 4.79 Å². The number of aryl methyl sites for hydroxylation is 1. The van der Waals surface area contributed by atoms with Gasteiger partial charge in [0, 0.05) is 6.04 Å². The van der Waals surface area contributed by atoms with Crippen LogP contribution in [0, 0.1) is 6.92 Å². The van der Waals surface area contributed by atoms with Gasteiger partial charge in [0.1, 0.15) is 5.75 Å². The average Bonchev–Trinajstić information content (AvgIpc) is 3.05. The van der Waals surface area contributed by atoms with Crippen molar-refractivity contribution in [1.29, 1.82) is 0 Å². The van der Waals surface area contributed by atoms with E-state index < -0.39 is 0 Å². The lowest BCUT2D eigenvalue weighted by Gasteiger charge is -2.08. The van der Waals surface area contributed by atoms with Crippen LogP contribution in [0.15, 0.2) is 24.3 Å². The number of nitrogens with one attached hydrogen (secondary N) is 2. The summed E-state index contributed by atoms with van der Waals surface area (Å²) in [6.45, 7) is 2.22. The first-order chi connectivity index (χ1) is 7.74. The van der Waals surface area contributed by atoms with Crippen molar-refractivity contribution in [3.05, 3.63) is 29.8 Å². The molecule has 0 aliphatic heterocycles. The lowest BCUT2D eigenvalue weighted by atomic mass is 10.2. The van der Waals surface area contributed by atoms with Crippen molar-refractivity contribution >= 4 is 6.03 Å². The average molecular weight is 220 g/mol. The fraction of sp³-hybridized carbons (Fsp3) is 0.417. The van der Waals surface area contributed by atoms with E-state index in [2.05, 4.69) is 10.6 Å². The van der Waals surface area contributed by atoms with Gasteiger partial charge < -0.3 is 15.4 Å². The standard InChI is InChI=1S/C12H16N2O2/c1-9-2-6-11(7-3-9)16-8-13-12(15)14-10-4-5-10/h2-3,6-7,10H,4-5,8H2,1H3,(H2,13,14,15). The molecular weight excluding hydrogens is 204 g/mol. The number of carbonyl (C=O) groups is 1. The molecule has 4 nitrogen and oxygen atoms in total. The molecule has 0 atom stereocenters. The molecule has 16 heavy (non-hydrogen) atoms. The van der Waals surface area contributed by atoms with E-state index in [1.807, 2.05) is 31.2 Å². The Morgan fingerprint density at radius 1 is 1.38 bits per heavy atom. The Morgan fingerprint density at radius 3 is 2.69 bits per heavy atom. The minimum atomic E-state index is -0.158. The maximum Gasteiger partial charge on any atom is 0.317 e. The second-order valence-corrected chi connectivity index (χ2v) is 4.03. The second-order valence-electron chi connectivity index (χ2n) is 4.03.